The van der Waals surface area contributed by atoms with E-state index in [-0.39, 0.29) is 28.0 Å². The molecule has 21 heavy (non-hydrogen) atoms. The molecule has 1 fully saturated rings. The number of amides is 1. The highest BCUT2D eigenvalue weighted by molar-refractivity contribution is 7.89. The third kappa shape index (κ3) is 3.24. The molecule has 0 spiro atoms. The van der Waals surface area contributed by atoms with Crippen molar-refractivity contribution in [3.63, 3.8) is 0 Å². The third-order valence-electron chi connectivity index (χ3n) is 3.91. The van der Waals surface area contributed by atoms with Crippen LogP contribution in [-0.2, 0) is 10.0 Å². The van der Waals surface area contributed by atoms with Crippen LogP contribution in [0.15, 0.2) is 17.0 Å². The van der Waals surface area contributed by atoms with Crippen molar-refractivity contribution in [2.24, 2.45) is 5.14 Å². The molecule has 2 rings (SSSR count). The topological polar surface area (TPSA) is 80.5 Å². The molecule has 1 heterocycles. The van der Waals surface area contributed by atoms with Crippen LogP contribution < -0.4 is 5.14 Å². The van der Waals surface area contributed by atoms with E-state index in [1.54, 1.807) is 4.90 Å². The predicted octanol–water partition coefficient (Wildman–Crippen LogP) is 1.80. The lowest BCUT2D eigenvalue weighted by Crippen LogP contribution is -2.42. The number of halogens is 1. The Morgan fingerprint density at radius 3 is 2.62 bits per heavy atom. The zero-order chi connectivity index (χ0) is 15.8. The van der Waals surface area contributed by atoms with Gasteiger partial charge in [0.25, 0.3) is 5.91 Å². The van der Waals surface area contributed by atoms with Crippen molar-refractivity contribution < 1.29 is 17.6 Å². The van der Waals surface area contributed by atoms with Gasteiger partial charge in [-0.3, -0.25) is 4.79 Å². The summed E-state index contributed by atoms with van der Waals surface area (Å²) in [5, 5.41) is 5.08. The maximum atomic E-state index is 13.9. The molecular weight excluding hydrogens is 295 g/mol. The number of carbonyl (C=O) groups excluding carboxylic acids is 1. The third-order valence-corrected chi connectivity index (χ3v) is 4.95. The summed E-state index contributed by atoms with van der Waals surface area (Å²) in [4.78, 5) is 13.8. The van der Waals surface area contributed by atoms with E-state index in [4.69, 9.17) is 5.14 Å². The Labute approximate surface area is 124 Å². The zero-order valence-electron chi connectivity index (χ0n) is 12.1. The first-order valence-electron chi connectivity index (χ1n) is 6.85. The van der Waals surface area contributed by atoms with Gasteiger partial charge in [-0.05, 0) is 45.2 Å². The zero-order valence-corrected chi connectivity index (χ0v) is 12.9. The Bertz CT molecular complexity index is 673. The number of nitrogens with zero attached hydrogens (tertiary/aromatic N) is 1. The molecule has 0 saturated carbocycles. The van der Waals surface area contributed by atoms with Gasteiger partial charge in [0.2, 0.25) is 10.0 Å². The Kier molecular flexibility index (Phi) is 4.34. The summed E-state index contributed by atoms with van der Waals surface area (Å²) in [6, 6.07) is 2.30. The number of likely N-dealkylation sites (tertiary alicyclic amines) is 1. The van der Waals surface area contributed by atoms with Crippen molar-refractivity contribution in [2.45, 2.75) is 44.0 Å². The van der Waals surface area contributed by atoms with Crippen LogP contribution in [0, 0.1) is 12.7 Å². The second-order valence-corrected chi connectivity index (χ2v) is 7.00. The first kappa shape index (κ1) is 15.9. The van der Waals surface area contributed by atoms with E-state index < -0.39 is 15.8 Å². The van der Waals surface area contributed by atoms with Gasteiger partial charge >= 0.3 is 0 Å². The molecule has 0 aromatic heterocycles. The second-order valence-electron chi connectivity index (χ2n) is 5.47. The molecule has 116 valence electrons. The summed E-state index contributed by atoms with van der Waals surface area (Å²) in [6.45, 7) is 3.86. The van der Waals surface area contributed by atoms with Crippen LogP contribution in [0.1, 0.15) is 42.1 Å². The second kappa shape index (κ2) is 5.73. The van der Waals surface area contributed by atoms with Gasteiger partial charge in [0.05, 0.1) is 4.90 Å². The lowest BCUT2D eigenvalue weighted by molar-refractivity contribution is 0.0635. The standard InChI is InChI=1S/C14H19FN2O3S/c1-9-5-3-4-6-17(9)14(18)11-7-12(15)10(2)13(8-11)21(16,19)20/h7-9H,3-6H2,1-2H3,(H2,16,19,20). The number of primary sulfonamides is 1. The Hall–Kier alpha value is -1.47. The quantitative estimate of drug-likeness (QED) is 0.904. The highest BCUT2D eigenvalue weighted by Gasteiger charge is 2.26. The molecule has 1 saturated heterocycles. The van der Waals surface area contributed by atoms with E-state index in [0.717, 1.165) is 31.4 Å². The lowest BCUT2D eigenvalue weighted by atomic mass is 10.0. The highest BCUT2D eigenvalue weighted by atomic mass is 32.2. The first-order chi connectivity index (χ1) is 9.71. The van der Waals surface area contributed by atoms with Crippen LogP contribution in [0.25, 0.3) is 0 Å². The van der Waals surface area contributed by atoms with Gasteiger partial charge in [-0.25, -0.2) is 17.9 Å². The molecule has 1 aliphatic heterocycles. The van der Waals surface area contributed by atoms with Gasteiger partial charge in [-0.1, -0.05) is 0 Å². The van der Waals surface area contributed by atoms with Crippen molar-refractivity contribution >= 4 is 15.9 Å². The molecule has 1 amide bonds. The van der Waals surface area contributed by atoms with Crippen molar-refractivity contribution in [1.82, 2.24) is 4.90 Å². The molecule has 1 aliphatic rings. The van der Waals surface area contributed by atoms with Gasteiger partial charge in [-0.15, -0.1) is 0 Å². The van der Waals surface area contributed by atoms with Gasteiger partial charge in [0.15, 0.2) is 0 Å². The van der Waals surface area contributed by atoms with Crippen LogP contribution in [0.2, 0.25) is 0 Å². The molecule has 1 atom stereocenters. The van der Waals surface area contributed by atoms with Crippen LogP contribution in [-0.4, -0.2) is 31.8 Å². The van der Waals surface area contributed by atoms with E-state index in [0.29, 0.717) is 6.54 Å². The van der Waals surface area contributed by atoms with Crippen molar-refractivity contribution in [1.29, 1.82) is 0 Å². The van der Waals surface area contributed by atoms with Crippen molar-refractivity contribution in [2.75, 3.05) is 6.54 Å². The molecule has 0 radical (unpaired) electrons. The van der Waals surface area contributed by atoms with Gasteiger partial charge in [0.1, 0.15) is 5.82 Å². The molecule has 1 aromatic carbocycles. The lowest BCUT2D eigenvalue weighted by Gasteiger charge is -2.33. The van der Waals surface area contributed by atoms with Crippen LogP contribution in [0.4, 0.5) is 4.39 Å². The average molecular weight is 314 g/mol. The van der Waals surface area contributed by atoms with Crippen molar-refractivity contribution in [3.8, 4) is 0 Å². The summed E-state index contributed by atoms with van der Waals surface area (Å²) >= 11 is 0. The van der Waals surface area contributed by atoms with E-state index >= 15 is 0 Å². The molecule has 7 heteroatoms. The molecule has 5 nitrogen and oxygen atoms in total. The van der Waals surface area contributed by atoms with Crippen molar-refractivity contribution in [3.05, 3.63) is 29.1 Å². The fourth-order valence-electron chi connectivity index (χ4n) is 2.64. The van der Waals surface area contributed by atoms with Gasteiger partial charge in [0, 0.05) is 23.7 Å². The summed E-state index contributed by atoms with van der Waals surface area (Å²) in [7, 11) is -4.07. The molecule has 0 aliphatic carbocycles. The molecule has 0 bridgehead atoms. The van der Waals surface area contributed by atoms with E-state index in [1.807, 2.05) is 6.92 Å². The fourth-order valence-corrected chi connectivity index (χ4v) is 3.45. The number of carbonyl (C=O) groups is 1. The highest BCUT2D eigenvalue weighted by Crippen LogP contribution is 2.23. The maximum Gasteiger partial charge on any atom is 0.254 e. The largest absolute Gasteiger partial charge is 0.336 e. The summed E-state index contributed by atoms with van der Waals surface area (Å²) in [6.07, 6.45) is 2.84. The van der Waals surface area contributed by atoms with Crippen LogP contribution in [0.5, 0.6) is 0 Å². The first-order valence-corrected chi connectivity index (χ1v) is 8.40. The number of nitrogens with two attached hydrogens (primary N) is 1. The monoisotopic (exact) mass is 314 g/mol. The predicted molar refractivity (Wildman–Crippen MR) is 76.9 cm³/mol. The fraction of sp³-hybridized carbons (Fsp3) is 0.500. The molecule has 2 N–H and O–H groups in total. The molecule has 1 unspecified atom stereocenters. The van der Waals surface area contributed by atoms with Crippen LogP contribution >= 0.6 is 0 Å². The summed E-state index contributed by atoms with van der Waals surface area (Å²) < 4.78 is 36.9. The number of piperidine rings is 1. The molecule has 1 aromatic rings. The number of hydrogen-bond donors (Lipinski definition) is 1. The minimum Gasteiger partial charge on any atom is -0.336 e. The van der Waals surface area contributed by atoms with E-state index in [2.05, 4.69) is 0 Å². The van der Waals surface area contributed by atoms with E-state index in [9.17, 15) is 17.6 Å². The number of sulfonamides is 1. The summed E-state index contributed by atoms with van der Waals surface area (Å²) in [5.41, 5.74) is -0.0448. The number of hydrogen-bond acceptors (Lipinski definition) is 3. The number of benzene rings is 1. The average Bonchev–Trinajstić information content (AvgIpc) is 2.40. The Morgan fingerprint density at radius 1 is 1.38 bits per heavy atom. The Morgan fingerprint density at radius 2 is 2.05 bits per heavy atom. The normalized spacial score (nSPS) is 19.6. The SMILES string of the molecule is Cc1c(F)cc(C(=O)N2CCCCC2C)cc1S(N)(=O)=O. The number of rotatable bonds is 2. The van der Waals surface area contributed by atoms with Gasteiger partial charge < -0.3 is 4.90 Å². The van der Waals surface area contributed by atoms with E-state index in [1.165, 1.54) is 6.92 Å². The minimum atomic E-state index is -4.07. The summed E-state index contributed by atoms with van der Waals surface area (Å²) in [5.74, 6) is -1.10. The van der Waals surface area contributed by atoms with Crippen LogP contribution in [0.3, 0.4) is 0 Å². The Balaban J connectivity index is 2.45. The molecular formula is C14H19FN2O3S. The maximum absolute atomic E-state index is 13.9. The minimum absolute atomic E-state index is 0.0240. The van der Waals surface area contributed by atoms with Gasteiger partial charge in [-0.2, -0.15) is 0 Å². The smallest absolute Gasteiger partial charge is 0.254 e.